The van der Waals surface area contributed by atoms with E-state index in [1.165, 1.54) is 10.0 Å². The van der Waals surface area contributed by atoms with E-state index in [1.54, 1.807) is 0 Å². The summed E-state index contributed by atoms with van der Waals surface area (Å²) in [6, 6.07) is 27.3. The summed E-state index contributed by atoms with van der Waals surface area (Å²) in [5, 5.41) is 0.985. The number of benzene rings is 3. The predicted molar refractivity (Wildman–Crippen MR) is 119 cm³/mol. The predicted octanol–water partition coefficient (Wildman–Crippen LogP) is 4.18. The van der Waals surface area contributed by atoms with E-state index in [0.717, 1.165) is 10.9 Å². The van der Waals surface area contributed by atoms with Crippen molar-refractivity contribution in [2.24, 2.45) is 4.99 Å². The zero-order chi connectivity index (χ0) is 19.9. The van der Waals surface area contributed by atoms with Crippen molar-refractivity contribution in [3.63, 3.8) is 0 Å². The molecule has 0 saturated heterocycles. The van der Waals surface area contributed by atoms with Crippen LogP contribution in [0.5, 0.6) is 0 Å². The molecule has 0 bridgehead atoms. The molecule has 0 saturated carbocycles. The molecule has 0 fully saturated rings. The van der Waals surface area contributed by atoms with Gasteiger partial charge in [0.05, 0.1) is 0 Å². The average molecular weight is 446 g/mol. The molecule has 4 heteroatoms. The van der Waals surface area contributed by atoms with Crippen molar-refractivity contribution in [2.75, 3.05) is 6.61 Å². The minimum atomic E-state index is -0.467. The Bertz CT molecular complexity index is 1030. The molecule has 3 aromatic carbocycles. The molecule has 0 aliphatic carbocycles. The topological polar surface area (TPSA) is 38.7 Å². The van der Waals surface area contributed by atoms with E-state index in [2.05, 4.69) is 35.3 Å². The Morgan fingerprint density at radius 2 is 1.66 bits per heavy atom. The van der Waals surface area contributed by atoms with Gasteiger partial charge in [-0.3, -0.25) is 0 Å². The Morgan fingerprint density at radius 3 is 2.45 bits per heavy atom. The fourth-order valence-electron chi connectivity index (χ4n) is 3.11. The first kappa shape index (κ1) is 19.4. The van der Waals surface area contributed by atoms with Crippen molar-refractivity contribution in [1.29, 1.82) is 0 Å². The van der Waals surface area contributed by atoms with E-state index < -0.39 is 6.04 Å². The zero-order valence-electron chi connectivity index (χ0n) is 15.9. The standard InChI is InChI=1S/C25H21NO2Se/c27-24(20-13-5-2-6-14-20)22-18-28-25(26-22)21-15-7-8-16-23(21)29-17-9-12-19-10-3-1-4-11-19/h1-16,22H,17-18H2/b12-9+/t22-/m1/s1. The second-order valence-corrected chi connectivity index (χ2v) is 8.84. The fraction of sp³-hybridized carbons (Fsp3) is 0.120. The molecule has 0 aromatic heterocycles. The van der Waals surface area contributed by atoms with Crippen LogP contribution in [0.15, 0.2) is 96.0 Å². The van der Waals surface area contributed by atoms with Gasteiger partial charge in [0.15, 0.2) is 0 Å². The molecule has 0 unspecified atom stereocenters. The molecule has 1 heterocycles. The van der Waals surface area contributed by atoms with Gasteiger partial charge in [-0.25, -0.2) is 0 Å². The first-order valence-corrected chi connectivity index (χ1v) is 11.6. The monoisotopic (exact) mass is 447 g/mol. The molecule has 0 spiro atoms. The van der Waals surface area contributed by atoms with Crippen LogP contribution in [0.4, 0.5) is 0 Å². The van der Waals surface area contributed by atoms with Crippen molar-refractivity contribution < 1.29 is 9.53 Å². The summed E-state index contributed by atoms with van der Waals surface area (Å²) in [4.78, 5) is 17.3. The summed E-state index contributed by atoms with van der Waals surface area (Å²) >= 11 is 0.259. The van der Waals surface area contributed by atoms with Crippen LogP contribution in [0.25, 0.3) is 6.08 Å². The number of aliphatic imine (C=N–C) groups is 1. The molecule has 0 radical (unpaired) electrons. The first-order chi connectivity index (χ1) is 14.3. The Kier molecular flexibility index (Phi) is 6.35. The van der Waals surface area contributed by atoms with E-state index >= 15 is 0 Å². The summed E-state index contributed by atoms with van der Waals surface area (Å²) in [7, 11) is 0. The molecular formula is C25H21NO2Se. The molecule has 1 aliphatic heterocycles. The molecule has 3 aromatic rings. The number of ether oxygens (including phenoxy) is 1. The van der Waals surface area contributed by atoms with Crippen LogP contribution >= 0.6 is 0 Å². The average Bonchev–Trinajstić information content (AvgIpc) is 3.28. The van der Waals surface area contributed by atoms with Crippen molar-refractivity contribution in [3.05, 3.63) is 108 Å². The number of ketones is 1. The van der Waals surface area contributed by atoms with Gasteiger partial charge in [-0.05, 0) is 0 Å². The summed E-state index contributed by atoms with van der Waals surface area (Å²) in [5.41, 5.74) is 2.89. The maximum atomic E-state index is 12.7. The maximum absolute atomic E-state index is 12.7. The third-order valence-corrected chi connectivity index (χ3v) is 6.73. The third kappa shape index (κ3) is 4.92. The second kappa shape index (κ2) is 9.51. The number of hydrogen-bond acceptors (Lipinski definition) is 3. The van der Waals surface area contributed by atoms with Crippen molar-refractivity contribution in [3.8, 4) is 0 Å². The van der Waals surface area contributed by atoms with Crippen molar-refractivity contribution >= 4 is 37.2 Å². The number of carbonyl (C=O) groups excluding carboxylic acids is 1. The van der Waals surface area contributed by atoms with Gasteiger partial charge >= 0.3 is 177 Å². The van der Waals surface area contributed by atoms with Crippen molar-refractivity contribution in [1.82, 2.24) is 0 Å². The van der Waals surface area contributed by atoms with Crippen LogP contribution in [0.2, 0.25) is 5.32 Å². The van der Waals surface area contributed by atoms with Gasteiger partial charge in [-0.15, -0.1) is 0 Å². The van der Waals surface area contributed by atoms with Gasteiger partial charge in [0.2, 0.25) is 0 Å². The number of hydrogen-bond donors (Lipinski definition) is 0. The van der Waals surface area contributed by atoms with E-state index in [4.69, 9.17) is 4.74 Å². The van der Waals surface area contributed by atoms with Crippen LogP contribution in [-0.4, -0.2) is 39.3 Å². The SMILES string of the molecule is O=C(c1ccccc1)[C@H]1COC(c2ccccc2[Se]C/C=C/c2ccccc2)=N1. The van der Waals surface area contributed by atoms with Crippen LogP contribution in [-0.2, 0) is 4.74 Å². The summed E-state index contributed by atoms with van der Waals surface area (Å²) in [6.45, 7) is 0.304. The van der Waals surface area contributed by atoms with Gasteiger partial charge in [0, 0.05) is 0 Å². The van der Waals surface area contributed by atoms with Crippen molar-refractivity contribution in [2.45, 2.75) is 11.4 Å². The minimum absolute atomic E-state index is 0.00869. The molecule has 3 nitrogen and oxygen atoms in total. The van der Waals surface area contributed by atoms with Gasteiger partial charge in [0.1, 0.15) is 0 Å². The zero-order valence-corrected chi connectivity index (χ0v) is 17.6. The Hall–Kier alpha value is -2.94. The number of carbonyl (C=O) groups is 1. The van der Waals surface area contributed by atoms with E-state index in [9.17, 15) is 4.79 Å². The third-order valence-electron chi connectivity index (χ3n) is 4.57. The van der Waals surface area contributed by atoms with Gasteiger partial charge in [0.25, 0.3) is 0 Å². The molecule has 4 rings (SSSR count). The van der Waals surface area contributed by atoms with Crippen LogP contribution in [0.3, 0.4) is 0 Å². The number of rotatable bonds is 7. The molecule has 1 atom stereocenters. The van der Waals surface area contributed by atoms with Crippen LogP contribution in [0, 0.1) is 0 Å². The molecule has 0 amide bonds. The van der Waals surface area contributed by atoms with E-state index in [1.807, 2.05) is 66.7 Å². The molecule has 29 heavy (non-hydrogen) atoms. The summed E-state index contributed by atoms with van der Waals surface area (Å²) in [5.74, 6) is 0.596. The second-order valence-electron chi connectivity index (χ2n) is 6.61. The molecule has 144 valence electrons. The number of Topliss-reactive ketones (excluding diaryl/α,β-unsaturated/α-hetero) is 1. The van der Waals surface area contributed by atoms with Gasteiger partial charge < -0.3 is 0 Å². The first-order valence-electron chi connectivity index (χ1n) is 9.55. The molecule has 0 N–H and O–H groups in total. The molecule has 1 aliphatic rings. The van der Waals surface area contributed by atoms with Crippen LogP contribution < -0.4 is 4.46 Å². The Balaban J connectivity index is 1.45. The van der Waals surface area contributed by atoms with Gasteiger partial charge in [-0.2, -0.15) is 0 Å². The van der Waals surface area contributed by atoms with E-state index in [-0.39, 0.29) is 20.7 Å². The normalized spacial score (nSPS) is 15.9. The van der Waals surface area contributed by atoms with Gasteiger partial charge in [-0.1, -0.05) is 0 Å². The summed E-state index contributed by atoms with van der Waals surface area (Å²) in [6.07, 6.45) is 4.37. The Morgan fingerprint density at radius 1 is 0.966 bits per heavy atom. The Labute approximate surface area is 177 Å². The summed E-state index contributed by atoms with van der Waals surface area (Å²) < 4.78 is 7.07. The number of nitrogens with zero attached hydrogens (tertiary/aromatic N) is 1. The van der Waals surface area contributed by atoms with E-state index in [0.29, 0.717) is 18.1 Å². The molecular weight excluding hydrogens is 425 g/mol. The fourth-order valence-corrected chi connectivity index (χ4v) is 4.91. The number of allylic oxidation sites excluding steroid dienone is 1. The quantitative estimate of drug-likeness (QED) is 0.404. The van der Waals surface area contributed by atoms with Crippen LogP contribution in [0.1, 0.15) is 21.5 Å².